The van der Waals surface area contributed by atoms with E-state index in [1.54, 1.807) is 12.1 Å². The van der Waals surface area contributed by atoms with Gasteiger partial charge in [-0.15, -0.1) is 12.4 Å². The lowest BCUT2D eigenvalue weighted by molar-refractivity contribution is 0.0910. The van der Waals surface area contributed by atoms with Crippen LogP contribution in [-0.4, -0.2) is 30.4 Å². The summed E-state index contributed by atoms with van der Waals surface area (Å²) in [5, 5.41) is 4.10. The summed E-state index contributed by atoms with van der Waals surface area (Å²) in [6, 6.07) is 14.3. The molecule has 1 aromatic heterocycles. The van der Waals surface area contributed by atoms with Crippen LogP contribution < -0.4 is 10.7 Å². The number of rotatable bonds is 5. The van der Waals surface area contributed by atoms with Gasteiger partial charge in [-0.05, 0) is 56.6 Å². The van der Waals surface area contributed by atoms with Crippen molar-refractivity contribution in [2.45, 2.75) is 25.8 Å². The average Bonchev–Trinajstić information content (AvgIpc) is 3.24. The fourth-order valence-corrected chi connectivity index (χ4v) is 4.15. The number of nitrogens with zero attached hydrogens (tertiary/aromatic N) is 1. The Bertz CT molecular complexity index is 1110. The second-order valence-electron chi connectivity index (χ2n) is 7.46. The van der Waals surface area contributed by atoms with Gasteiger partial charge in [0.2, 0.25) is 0 Å². The molecule has 1 aliphatic heterocycles. The highest BCUT2D eigenvalue weighted by Gasteiger charge is 2.26. The average molecular weight is 447 g/mol. The molecule has 0 spiro atoms. The number of carbonyl (C=O) groups is 1. The van der Waals surface area contributed by atoms with Crippen LogP contribution in [0.5, 0.6) is 0 Å². The van der Waals surface area contributed by atoms with Gasteiger partial charge in [0.05, 0.1) is 11.4 Å². The minimum Gasteiger partial charge on any atom is -0.451 e. The van der Waals surface area contributed by atoms with E-state index in [1.165, 1.54) is 6.07 Å². The van der Waals surface area contributed by atoms with Crippen molar-refractivity contribution in [3.05, 3.63) is 80.7 Å². The maximum Gasteiger partial charge on any atom is 0.287 e. The van der Waals surface area contributed by atoms with Gasteiger partial charge in [0.15, 0.2) is 11.2 Å². The summed E-state index contributed by atoms with van der Waals surface area (Å²) in [5.41, 5.74) is 2.15. The Morgan fingerprint density at radius 3 is 2.63 bits per heavy atom. The summed E-state index contributed by atoms with van der Waals surface area (Å²) < 4.78 is 5.69. The van der Waals surface area contributed by atoms with E-state index < -0.39 is 5.91 Å². The maximum atomic E-state index is 12.7. The van der Waals surface area contributed by atoms with Crippen LogP contribution in [0.2, 0.25) is 5.02 Å². The highest BCUT2D eigenvalue weighted by atomic mass is 35.5. The minimum atomic E-state index is -0.402. The lowest BCUT2D eigenvalue weighted by Crippen LogP contribution is -2.37. The van der Waals surface area contributed by atoms with Gasteiger partial charge in [-0.2, -0.15) is 0 Å². The van der Waals surface area contributed by atoms with Crippen LogP contribution >= 0.6 is 24.0 Å². The molecular weight excluding hydrogens is 423 g/mol. The number of aryl methyl sites for hydroxylation is 1. The predicted molar refractivity (Wildman–Crippen MR) is 122 cm³/mol. The molecule has 0 bridgehead atoms. The van der Waals surface area contributed by atoms with Gasteiger partial charge in [0, 0.05) is 17.6 Å². The molecule has 1 N–H and O–H groups in total. The molecule has 7 heteroatoms. The first kappa shape index (κ1) is 22.3. The van der Waals surface area contributed by atoms with Crippen molar-refractivity contribution in [1.29, 1.82) is 0 Å². The molecule has 30 heavy (non-hydrogen) atoms. The van der Waals surface area contributed by atoms with Gasteiger partial charge in [0.1, 0.15) is 5.58 Å². The number of hydrogen-bond donors (Lipinski definition) is 1. The third kappa shape index (κ3) is 4.69. The van der Waals surface area contributed by atoms with Crippen LogP contribution in [0.1, 0.15) is 40.6 Å². The molecule has 0 aliphatic carbocycles. The van der Waals surface area contributed by atoms with Gasteiger partial charge >= 0.3 is 0 Å². The van der Waals surface area contributed by atoms with Crippen molar-refractivity contribution in [3.63, 3.8) is 0 Å². The largest absolute Gasteiger partial charge is 0.451 e. The Morgan fingerprint density at radius 1 is 1.17 bits per heavy atom. The van der Waals surface area contributed by atoms with E-state index in [2.05, 4.69) is 10.2 Å². The molecule has 4 rings (SSSR count). The van der Waals surface area contributed by atoms with Crippen molar-refractivity contribution < 1.29 is 9.21 Å². The van der Waals surface area contributed by atoms with E-state index in [0.717, 1.165) is 37.1 Å². The number of halogens is 2. The van der Waals surface area contributed by atoms with E-state index in [4.69, 9.17) is 16.0 Å². The predicted octanol–water partition coefficient (Wildman–Crippen LogP) is 4.74. The van der Waals surface area contributed by atoms with Crippen LogP contribution in [0, 0.1) is 6.92 Å². The Kier molecular flexibility index (Phi) is 7.19. The van der Waals surface area contributed by atoms with Crippen molar-refractivity contribution >= 4 is 40.9 Å². The number of benzene rings is 2. The minimum absolute atomic E-state index is 0. The Labute approximate surface area is 186 Å². The first-order chi connectivity index (χ1) is 14.0. The van der Waals surface area contributed by atoms with E-state index in [1.807, 2.05) is 37.3 Å². The van der Waals surface area contributed by atoms with Gasteiger partial charge in [-0.1, -0.05) is 41.4 Å². The van der Waals surface area contributed by atoms with E-state index in [0.29, 0.717) is 22.5 Å². The molecule has 1 atom stereocenters. The molecule has 1 unspecified atom stereocenters. The van der Waals surface area contributed by atoms with Crippen LogP contribution in [0.25, 0.3) is 11.0 Å². The van der Waals surface area contributed by atoms with E-state index in [-0.39, 0.29) is 29.6 Å². The van der Waals surface area contributed by atoms with Gasteiger partial charge in [-0.25, -0.2) is 0 Å². The van der Waals surface area contributed by atoms with Crippen molar-refractivity contribution in [2.24, 2.45) is 0 Å². The smallest absolute Gasteiger partial charge is 0.287 e. The first-order valence-electron chi connectivity index (χ1n) is 9.84. The molecule has 2 heterocycles. The summed E-state index contributed by atoms with van der Waals surface area (Å²) in [4.78, 5) is 27.5. The third-order valence-electron chi connectivity index (χ3n) is 5.41. The summed E-state index contributed by atoms with van der Waals surface area (Å²) in [5.74, 6) is -0.383. The summed E-state index contributed by atoms with van der Waals surface area (Å²) >= 11 is 6.43. The first-order valence-corrected chi connectivity index (χ1v) is 10.2. The molecular formula is C23H24Cl2N2O3. The maximum absolute atomic E-state index is 12.7. The highest BCUT2D eigenvalue weighted by Crippen LogP contribution is 2.29. The number of nitrogens with one attached hydrogen (secondary N) is 1. The fraction of sp³-hybridized carbons (Fsp3) is 0.304. The SMILES string of the molecule is Cc1ccc2oc(C(=O)NCC(c3ccccc3Cl)N3CCCC3)cc(=O)c2c1.Cl. The second-order valence-corrected chi connectivity index (χ2v) is 7.87. The second kappa shape index (κ2) is 9.65. The van der Waals surface area contributed by atoms with Crippen LogP contribution in [0.3, 0.4) is 0 Å². The van der Waals surface area contributed by atoms with Crippen molar-refractivity contribution in [2.75, 3.05) is 19.6 Å². The summed E-state index contributed by atoms with van der Waals surface area (Å²) in [7, 11) is 0. The zero-order valence-electron chi connectivity index (χ0n) is 16.7. The molecule has 1 aliphatic rings. The third-order valence-corrected chi connectivity index (χ3v) is 5.75. The number of fused-ring (bicyclic) bond motifs is 1. The number of hydrogen-bond acceptors (Lipinski definition) is 4. The van der Waals surface area contributed by atoms with Crippen molar-refractivity contribution in [1.82, 2.24) is 10.2 Å². The van der Waals surface area contributed by atoms with Gasteiger partial charge in [0.25, 0.3) is 5.91 Å². The molecule has 0 radical (unpaired) electrons. The molecule has 2 aromatic carbocycles. The van der Waals surface area contributed by atoms with Gasteiger partial charge < -0.3 is 9.73 Å². The molecule has 1 amide bonds. The highest BCUT2D eigenvalue weighted by molar-refractivity contribution is 6.31. The topological polar surface area (TPSA) is 62.6 Å². The Hall–Kier alpha value is -2.34. The lowest BCUT2D eigenvalue weighted by Gasteiger charge is -2.28. The number of amides is 1. The standard InChI is InChI=1S/C23H23ClN2O3.ClH/c1-15-8-9-21-17(12-15)20(27)13-22(29-21)23(28)25-14-19(26-10-4-5-11-26)16-6-2-3-7-18(16)24;/h2-3,6-9,12-13,19H,4-5,10-11,14H2,1H3,(H,25,28);1H. The normalized spacial score (nSPS) is 15.0. The monoisotopic (exact) mass is 446 g/mol. The quantitative estimate of drug-likeness (QED) is 0.614. The lowest BCUT2D eigenvalue weighted by atomic mass is 10.1. The van der Waals surface area contributed by atoms with Crippen LogP contribution in [-0.2, 0) is 0 Å². The Balaban J connectivity index is 0.00000256. The molecule has 5 nitrogen and oxygen atoms in total. The molecule has 3 aromatic rings. The summed E-state index contributed by atoms with van der Waals surface area (Å²) in [6.07, 6.45) is 2.27. The molecule has 0 saturated carbocycles. The summed E-state index contributed by atoms with van der Waals surface area (Å²) in [6.45, 7) is 4.23. The van der Waals surface area contributed by atoms with Crippen LogP contribution in [0.15, 0.2) is 57.7 Å². The Morgan fingerprint density at radius 2 is 1.90 bits per heavy atom. The number of carbonyl (C=O) groups excluding carboxylic acids is 1. The molecule has 1 saturated heterocycles. The van der Waals surface area contributed by atoms with E-state index in [9.17, 15) is 9.59 Å². The fourth-order valence-electron chi connectivity index (χ4n) is 3.89. The van der Waals surface area contributed by atoms with Crippen LogP contribution in [0.4, 0.5) is 0 Å². The zero-order valence-corrected chi connectivity index (χ0v) is 18.3. The molecule has 1 fully saturated rings. The van der Waals surface area contributed by atoms with Gasteiger partial charge in [-0.3, -0.25) is 14.5 Å². The van der Waals surface area contributed by atoms with Crippen molar-refractivity contribution in [3.8, 4) is 0 Å². The molecule has 158 valence electrons. The number of likely N-dealkylation sites (tertiary alicyclic amines) is 1. The van der Waals surface area contributed by atoms with E-state index >= 15 is 0 Å². The zero-order chi connectivity index (χ0) is 20.4.